The number of alkyl halides is 3. The second kappa shape index (κ2) is 8.82. The second-order valence-corrected chi connectivity index (χ2v) is 5.05. The van der Waals surface area contributed by atoms with Crippen LogP contribution in [0.15, 0.2) is 36.2 Å². The Bertz CT molecular complexity index is 713. The molecule has 1 aromatic carbocycles. The van der Waals surface area contributed by atoms with E-state index in [9.17, 15) is 17.6 Å². The second-order valence-electron chi connectivity index (χ2n) is 5.05. The summed E-state index contributed by atoms with van der Waals surface area (Å²) in [6.07, 6.45) is -5.09. The highest BCUT2D eigenvalue weighted by Crippen LogP contribution is 2.23. The predicted molar refractivity (Wildman–Crippen MR) is 87.2 cm³/mol. The first-order chi connectivity index (χ1) is 11.3. The summed E-state index contributed by atoms with van der Waals surface area (Å²) in [6, 6.07) is 6.43. The van der Waals surface area contributed by atoms with Crippen LogP contribution in [0.4, 0.5) is 17.6 Å². The van der Waals surface area contributed by atoms with Crippen molar-refractivity contribution in [2.45, 2.75) is 12.6 Å². The smallest absolute Gasteiger partial charge is 0.396 e. The number of ether oxygens (including phenoxy) is 1. The molecule has 10 heteroatoms. The lowest BCUT2D eigenvalue weighted by Crippen LogP contribution is -2.15. The lowest BCUT2D eigenvalue weighted by Gasteiger charge is -2.07. The largest absolute Gasteiger partial charge is 0.489 e. The van der Waals surface area contributed by atoms with Crippen LogP contribution in [0.3, 0.4) is 0 Å². The topological polar surface area (TPSA) is 66.0 Å². The molecule has 2 N–H and O–H groups in total. The maximum absolute atomic E-state index is 12.5. The summed E-state index contributed by atoms with van der Waals surface area (Å²) < 4.78 is 56.2. The number of hydrogen-bond acceptors (Lipinski definition) is 4. The van der Waals surface area contributed by atoms with E-state index in [2.05, 4.69) is 10.1 Å². The Kier molecular flexibility index (Phi) is 7.38. The monoisotopic (exact) mass is 380 g/mol. The quantitative estimate of drug-likeness (QED) is 0.781. The van der Waals surface area contributed by atoms with Crippen molar-refractivity contribution in [2.24, 2.45) is 12.8 Å². The van der Waals surface area contributed by atoms with Gasteiger partial charge < -0.3 is 10.5 Å². The number of aromatic nitrogens is 3. The van der Waals surface area contributed by atoms with Crippen molar-refractivity contribution in [1.82, 2.24) is 14.8 Å². The van der Waals surface area contributed by atoms with Gasteiger partial charge in [0.1, 0.15) is 24.6 Å². The molecule has 5 nitrogen and oxygen atoms in total. The zero-order valence-corrected chi connectivity index (χ0v) is 14.1. The fourth-order valence-electron chi connectivity index (χ4n) is 1.88. The predicted octanol–water partition coefficient (Wildman–Crippen LogP) is 3.20. The molecule has 138 valence electrons. The van der Waals surface area contributed by atoms with Gasteiger partial charge in [-0.1, -0.05) is 0 Å². The summed E-state index contributed by atoms with van der Waals surface area (Å²) in [5.41, 5.74) is 6.18. The molecule has 25 heavy (non-hydrogen) atoms. The summed E-state index contributed by atoms with van der Waals surface area (Å²) in [4.78, 5) is 3.91. The molecule has 1 aromatic heterocycles. The molecule has 2 rings (SSSR count). The van der Waals surface area contributed by atoms with E-state index in [1.54, 1.807) is 24.3 Å². The third kappa shape index (κ3) is 6.02. The summed E-state index contributed by atoms with van der Waals surface area (Å²) in [5.74, 6) is 0.492. The SMILES string of the molecule is Cl.Cn1nc(-c2ccc(OC/C(=C/F)CN)cc2)nc1CC(F)(F)F. The Morgan fingerprint density at radius 1 is 1.28 bits per heavy atom. The van der Waals surface area contributed by atoms with Gasteiger partial charge in [0.2, 0.25) is 0 Å². The molecule has 0 amide bonds. The van der Waals surface area contributed by atoms with E-state index in [1.165, 1.54) is 7.05 Å². The molecule has 0 saturated carbocycles. The Morgan fingerprint density at radius 2 is 1.92 bits per heavy atom. The van der Waals surface area contributed by atoms with Gasteiger partial charge >= 0.3 is 6.18 Å². The fraction of sp³-hybridized carbons (Fsp3) is 0.333. The van der Waals surface area contributed by atoms with Gasteiger partial charge in [0.25, 0.3) is 0 Å². The number of nitrogens with two attached hydrogens (primary N) is 1. The molecule has 0 aliphatic carbocycles. The maximum atomic E-state index is 12.5. The number of aryl methyl sites for hydroxylation is 1. The Balaban J connectivity index is 0.00000312. The van der Waals surface area contributed by atoms with E-state index in [0.717, 1.165) is 4.68 Å². The molecule has 2 aromatic rings. The van der Waals surface area contributed by atoms with E-state index in [0.29, 0.717) is 23.2 Å². The summed E-state index contributed by atoms with van der Waals surface area (Å²) in [7, 11) is 1.41. The van der Waals surface area contributed by atoms with Gasteiger partial charge in [-0.25, -0.2) is 9.37 Å². The minimum Gasteiger partial charge on any atom is -0.489 e. The van der Waals surface area contributed by atoms with Gasteiger partial charge in [0.05, 0.1) is 6.33 Å². The zero-order chi connectivity index (χ0) is 17.7. The molecule has 0 spiro atoms. The average molecular weight is 381 g/mol. The highest BCUT2D eigenvalue weighted by atomic mass is 35.5. The van der Waals surface area contributed by atoms with Gasteiger partial charge in [-0.05, 0) is 24.3 Å². The van der Waals surface area contributed by atoms with Crippen LogP contribution < -0.4 is 10.5 Å². The van der Waals surface area contributed by atoms with E-state index in [1.807, 2.05) is 0 Å². The van der Waals surface area contributed by atoms with E-state index in [4.69, 9.17) is 10.5 Å². The highest BCUT2D eigenvalue weighted by molar-refractivity contribution is 5.85. The van der Waals surface area contributed by atoms with Gasteiger partial charge in [0, 0.05) is 24.7 Å². The first-order valence-corrected chi connectivity index (χ1v) is 7.00. The molecule has 0 unspecified atom stereocenters. The van der Waals surface area contributed by atoms with Crippen LogP contribution in [0, 0.1) is 0 Å². The molecular weight excluding hydrogens is 364 g/mol. The highest BCUT2D eigenvalue weighted by Gasteiger charge is 2.30. The third-order valence-corrected chi connectivity index (χ3v) is 3.17. The number of benzene rings is 1. The lowest BCUT2D eigenvalue weighted by atomic mass is 10.2. The third-order valence-electron chi connectivity index (χ3n) is 3.17. The maximum Gasteiger partial charge on any atom is 0.396 e. The lowest BCUT2D eigenvalue weighted by molar-refractivity contribution is -0.129. The Morgan fingerprint density at radius 3 is 2.44 bits per heavy atom. The van der Waals surface area contributed by atoms with Crippen molar-refractivity contribution in [1.29, 1.82) is 0 Å². The molecule has 0 radical (unpaired) electrons. The average Bonchev–Trinajstić information content (AvgIpc) is 2.88. The Hall–Kier alpha value is -2.13. The van der Waals surface area contributed by atoms with E-state index < -0.39 is 12.6 Å². The summed E-state index contributed by atoms with van der Waals surface area (Å²) in [6.45, 7) is 0.0678. The molecular formula is C15H17ClF4N4O. The number of hydrogen-bond donors (Lipinski definition) is 1. The molecule has 0 saturated heterocycles. The molecule has 0 aliphatic rings. The van der Waals surface area contributed by atoms with Crippen molar-refractivity contribution in [3.63, 3.8) is 0 Å². The van der Waals surface area contributed by atoms with Crippen LogP contribution in [0.2, 0.25) is 0 Å². The number of nitrogens with zero attached hydrogens (tertiary/aromatic N) is 3. The van der Waals surface area contributed by atoms with Gasteiger partial charge in [-0.15, -0.1) is 12.4 Å². The first-order valence-electron chi connectivity index (χ1n) is 7.00. The molecule has 1 heterocycles. The van der Waals surface area contributed by atoms with Crippen LogP contribution in [0.25, 0.3) is 11.4 Å². The summed E-state index contributed by atoms with van der Waals surface area (Å²) in [5, 5.41) is 3.98. The summed E-state index contributed by atoms with van der Waals surface area (Å²) >= 11 is 0. The van der Waals surface area contributed by atoms with Gasteiger partial charge in [-0.2, -0.15) is 18.3 Å². The van der Waals surface area contributed by atoms with Gasteiger partial charge in [-0.3, -0.25) is 4.68 Å². The van der Waals surface area contributed by atoms with Crippen LogP contribution in [0.5, 0.6) is 5.75 Å². The zero-order valence-electron chi connectivity index (χ0n) is 13.3. The molecule has 0 bridgehead atoms. The standard InChI is InChI=1S/C15H16F4N4O.ClH/c1-23-13(6-15(17,18)19)21-14(22-23)11-2-4-12(5-3-11)24-9-10(7-16)8-20;/h2-5,7H,6,8-9,20H2,1H3;1H/b10-7+;. The minimum atomic E-state index is -4.35. The van der Waals surface area contributed by atoms with Crippen LogP contribution in [-0.4, -0.2) is 34.1 Å². The minimum absolute atomic E-state index is 0. The van der Waals surface area contributed by atoms with Gasteiger partial charge in [0.15, 0.2) is 5.82 Å². The van der Waals surface area contributed by atoms with Crippen LogP contribution in [-0.2, 0) is 13.5 Å². The van der Waals surface area contributed by atoms with Crippen molar-refractivity contribution < 1.29 is 22.3 Å². The van der Waals surface area contributed by atoms with Crippen LogP contribution in [0.1, 0.15) is 5.82 Å². The molecule has 0 aliphatic heterocycles. The van der Waals surface area contributed by atoms with E-state index in [-0.39, 0.29) is 37.2 Å². The normalized spacial score (nSPS) is 12.0. The van der Waals surface area contributed by atoms with E-state index >= 15 is 0 Å². The van der Waals surface area contributed by atoms with Crippen molar-refractivity contribution >= 4 is 12.4 Å². The Labute approximate surface area is 147 Å². The fourth-order valence-corrected chi connectivity index (χ4v) is 1.88. The molecule has 0 fully saturated rings. The molecule has 0 atom stereocenters. The van der Waals surface area contributed by atoms with Crippen molar-refractivity contribution in [3.8, 4) is 17.1 Å². The number of rotatable bonds is 6. The first kappa shape index (κ1) is 20.9. The van der Waals surface area contributed by atoms with Crippen LogP contribution >= 0.6 is 12.4 Å². The number of halogens is 5. The van der Waals surface area contributed by atoms with Crippen molar-refractivity contribution in [2.75, 3.05) is 13.2 Å². The van der Waals surface area contributed by atoms with Crippen molar-refractivity contribution in [3.05, 3.63) is 42.0 Å².